The second-order valence-corrected chi connectivity index (χ2v) is 11.8. The lowest BCUT2D eigenvalue weighted by Crippen LogP contribution is -2.29. The van der Waals surface area contributed by atoms with Crippen molar-refractivity contribution in [3.05, 3.63) is 69.0 Å². The highest BCUT2D eigenvalue weighted by atomic mass is 35.5. The van der Waals surface area contributed by atoms with Crippen molar-refractivity contribution in [3.63, 3.8) is 0 Å². The molecule has 6 nitrogen and oxygen atoms in total. The number of fused-ring (bicyclic) bond motifs is 2. The number of nitrogens with one attached hydrogen (secondary N) is 2. The van der Waals surface area contributed by atoms with E-state index >= 15 is 0 Å². The highest BCUT2D eigenvalue weighted by Gasteiger charge is 2.35. The van der Waals surface area contributed by atoms with Crippen LogP contribution in [0.25, 0.3) is 0 Å². The molecule has 2 N–H and O–H groups in total. The summed E-state index contributed by atoms with van der Waals surface area (Å²) in [7, 11) is -4.21. The number of sulfonamides is 1. The minimum absolute atomic E-state index is 0.0896. The van der Waals surface area contributed by atoms with E-state index in [1.54, 1.807) is 6.07 Å². The topological polar surface area (TPSA) is 74.3 Å². The summed E-state index contributed by atoms with van der Waals surface area (Å²) in [4.78, 5) is 5.70. The van der Waals surface area contributed by atoms with E-state index in [4.69, 9.17) is 11.6 Å². The Morgan fingerprint density at radius 3 is 2.83 bits per heavy atom. The first kappa shape index (κ1) is 24.4. The number of benzene rings is 2. The number of likely N-dealkylation sites (tertiary alicyclic amines) is 1. The Morgan fingerprint density at radius 2 is 2.06 bits per heavy atom. The summed E-state index contributed by atoms with van der Waals surface area (Å²) in [5.41, 5.74) is 3.02. The fourth-order valence-electron chi connectivity index (χ4n) is 5.12. The highest BCUT2D eigenvalue weighted by Crippen LogP contribution is 2.37. The van der Waals surface area contributed by atoms with Crippen LogP contribution in [0, 0.1) is 17.6 Å². The zero-order chi connectivity index (χ0) is 24.6. The predicted octanol–water partition coefficient (Wildman–Crippen LogP) is 5.86. The van der Waals surface area contributed by atoms with Gasteiger partial charge < -0.3 is 5.32 Å². The molecule has 1 aliphatic carbocycles. The number of halogens is 3. The number of thiazole rings is 1. The lowest BCUT2D eigenvalue weighted by Gasteiger charge is -2.25. The minimum atomic E-state index is -4.21. The summed E-state index contributed by atoms with van der Waals surface area (Å²) < 4.78 is 57.2. The van der Waals surface area contributed by atoms with Gasteiger partial charge in [0.25, 0.3) is 10.0 Å². The number of hydrogen-bond donors (Lipinski definition) is 2. The highest BCUT2D eigenvalue weighted by molar-refractivity contribution is 7.92. The van der Waals surface area contributed by atoms with Crippen molar-refractivity contribution in [3.8, 4) is 0 Å². The van der Waals surface area contributed by atoms with Crippen LogP contribution in [0.3, 0.4) is 0 Å². The summed E-state index contributed by atoms with van der Waals surface area (Å²) in [6.45, 7) is 1.79. The lowest BCUT2D eigenvalue weighted by atomic mass is 9.90. The standard InChI is InChI=1S/C24H25ClF2N4O2S2/c25-23-20(7-8-21(24(23)27)35(32,33)30-22-13-34-14-29-22)28-10-18-16(4-2-6-19(18)26)12-31-11-15-3-1-5-17(31)9-15/h2,4,6-8,13-15,17,28,30H,1,3,5,9-12H2. The van der Waals surface area contributed by atoms with E-state index in [0.29, 0.717) is 18.2 Å². The van der Waals surface area contributed by atoms with Crippen molar-refractivity contribution >= 4 is 44.5 Å². The first-order chi connectivity index (χ1) is 16.8. The van der Waals surface area contributed by atoms with Crippen LogP contribution in [-0.4, -0.2) is 30.9 Å². The minimum Gasteiger partial charge on any atom is -0.380 e. The van der Waals surface area contributed by atoms with E-state index < -0.39 is 20.7 Å². The van der Waals surface area contributed by atoms with Gasteiger partial charge in [-0.05, 0) is 48.9 Å². The molecule has 2 bridgehead atoms. The number of anilines is 2. The molecule has 2 aliphatic rings. The van der Waals surface area contributed by atoms with Crippen LogP contribution in [0.1, 0.15) is 36.8 Å². The van der Waals surface area contributed by atoms with Crippen molar-refractivity contribution < 1.29 is 17.2 Å². The molecular formula is C24H25ClF2N4O2S2. The molecule has 0 radical (unpaired) electrons. The van der Waals surface area contributed by atoms with Gasteiger partial charge >= 0.3 is 0 Å². The van der Waals surface area contributed by atoms with Crippen molar-refractivity contribution in [1.29, 1.82) is 0 Å². The van der Waals surface area contributed by atoms with E-state index in [0.717, 1.165) is 24.1 Å². The van der Waals surface area contributed by atoms with E-state index in [-0.39, 0.29) is 28.9 Å². The summed E-state index contributed by atoms with van der Waals surface area (Å²) >= 11 is 7.39. The van der Waals surface area contributed by atoms with Gasteiger partial charge in [0.05, 0.1) is 11.2 Å². The molecule has 1 aliphatic heterocycles. The van der Waals surface area contributed by atoms with Gasteiger partial charge in [0.1, 0.15) is 15.7 Å². The zero-order valence-corrected chi connectivity index (χ0v) is 21.2. The van der Waals surface area contributed by atoms with Crippen LogP contribution in [0.2, 0.25) is 5.02 Å². The first-order valence-corrected chi connectivity index (χ1v) is 14.3. The number of nitrogens with zero attached hydrogens (tertiary/aromatic N) is 2. The van der Waals surface area contributed by atoms with Crippen LogP contribution < -0.4 is 10.0 Å². The van der Waals surface area contributed by atoms with Crippen molar-refractivity contribution in [2.75, 3.05) is 16.6 Å². The van der Waals surface area contributed by atoms with Gasteiger partial charge in [0, 0.05) is 36.6 Å². The molecule has 11 heteroatoms. The molecule has 1 saturated carbocycles. The normalized spacial score (nSPS) is 20.2. The molecule has 2 unspecified atom stereocenters. The maximum atomic E-state index is 15.0. The number of aromatic nitrogens is 1. The lowest BCUT2D eigenvalue weighted by molar-refractivity contribution is 0.236. The molecule has 3 aromatic rings. The molecule has 5 rings (SSSR count). The average Bonchev–Trinajstić information content (AvgIpc) is 3.42. The zero-order valence-electron chi connectivity index (χ0n) is 18.8. The third-order valence-corrected chi connectivity index (χ3v) is 9.14. The quantitative estimate of drug-likeness (QED) is 0.375. The Labute approximate surface area is 212 Å². The van der Waals surface area contributed by atoms with Gasteiger partial charge in [-0.1, -0.05) is 30.2 Å². The van der Waals surface area contributed by atoms with Crippen molar-refractivity contribution in [2.45, 2.75) is 49.7 Å². The third kappa shape index (κ3) is 5.16. The molecular weight excluding hydrogens is 514 g/mol. The molecule has 0 spiro atoms. The monoisotopic (exact) mass is 538 g/mol. The van der Waals surface area contributed by atoms with Crippen molar-refractivity contribution in [1.82, 2.24) is 9.88 Å². The van der Waals surface area contributed by atoms with E-state index in [2.05, 4.69) is 19.9 Å². The number of hydrogen-bond acceptors (Lipinski definition) is 6. The van der Waals surface area contributed by atoms with Gasteiger partial charge in [-0.3, -0.25) is 9.62 Å². The number of rotatable bonds is 8. The van der Waals surface area contributed by atoms with Gasteiger partial charge in [-0.2, -0.15) is 0 Å². The van der Waals surface area contributed by atoms with Gasteiger partial charge in [-0.15, -0.1) is 11.3 Å². The average molecular weight is 539 g/mol. The second kappa shape index (κ2) is 10.0. The molecule has 2 fully saturated rings. The van der Waals surface area contributed by atoms with Gasteiger partial charge in [-0.25, -0.2) is 22.2 Å². The maximum Gasteiger partial charge on any atom is 0.266 e. The largest absolute Gasteiger partial charge is 0.380 e. The van der Waals surface area contributed by atoms with Crippen LogP contribution in [0.4, 0.5) is 20.3 Å². The van der Waals surface area contributed by atoms with Gasteiger partial charge in [0.2, 0.25) is 0 Å². The molecule has 1 saturated heterocycles. The summed E-state index contributed by atoms with van der Waals surface area (Å²) in [6.07, 6.45) is 4.91. The van der Waals surface area contributed by atoms with Crippen LogP contribution in [-0.2, 0) is 23.1 Å². The molecule has 35 heavy (non-hydrogen) atoms. The molecule has 2 heterocycles. The fourth-order valence-corrected chi connectivity index (χ4v) is 7.05. The maximum absolute atomic E-state index is 15.0. The molecule has 1 aromatic heterocycles. The first-order valence-electron chi connectivity index (χ1n) is 11.4. The van der Waals surface area contributed by atoms with Crippen LogP contribution in [0.5, 0.6) is 0 Å². The molecule has 0 amide bonds. The fraction of sp³-hybridized carbons (Fsp3) is 0.375. The second-order valence-electron chi connectivity index (χ2n) is 9.07. The Bertz CT molecular complexity index is 1320. The molecule has 186 valence electrons. The van der Waals surface area contributed by atoms with E-state index in [1.807, 2.05) is 6.07 Å². The molecule has 2 aromatic carbocycles. The SMILES string of the molecule is O=S(=O)(Nc1cscn1)c1ccc(NCc2c(F)cccc2CN2CC3CCCC2C3)c(Cl)c1F. The Morgan fingerprint density at radius 1 is 1.20 bits per heavy atom. The van der Waals surface area contributed by atoms with E-state index in [9.17, 15) is 17.2 Å². The van der Waals surface area contributed by atoms with Crippen molar-refractivity contribution in [2.24, 2.45) is 5.92 Å². The summed E-state index contributed by atoms with van der Waals surface area (Å²) in [6, 6.07) is 8.09. The predicted molar refractivity (Wildman–Crippen MR) is 134 cm³/mol. The Kier molecular flexibility index (Phi) is 6.98. The summed E-state index contributed by atoms with van der Waals surface area (Å²) in [5.74, 6) is -0.606. The van der Waals surface area contributed by atoms with Crippen LogP contribution in [0.15, 0.2) is 46.1 Å². The smallest absolute Gasteiger partial charge is 0.266 e. The van der Waals surface area contributed by atoms with Gasteiger partial charge in [0.15, 0.2) is 11.6 Å². The third-order valence-electron chi connectivity index (χ3n) is 6.82. The van der Waals surface area contributed by atoms with Crippen LogP contribution >= 0.6 is 22.9 Å². The Balaban J connectivity index is 1.33. The molecule has 2 atom stereocenters. The van der Waals surface area contributed by atoms with E-state index in [1.165, 1.54) is 60.0 Å². The Hall–Kier alpha value is -2.27. The summed E-state index contributed by atoms with van der Waals surface area (Å²) in [5, 5.41) is 4.11.